The van der Waals surface area contributed by atoms with Crippen LogP contribution in [0.2, 0.25) is 0 Å². The van der Waals surface area contributed by atoms with Crippen LogP contribution in [0.1, 0.15) is 17.9 Å². The van der Waals surface area contributed by atoms with E-state index in [4.69, 9.17) is 0 Å². The molecule has 1 amide bonds. The fraction of sp³-hybridized carbons (Fsp3) is 0.278. The number of carbonyl (C=O) groups excluding carboxylic acids is 1. The molecule has 0 bridgehead atoms. The summed E-state index contributed by atoms with van der Waals surface area (Å²) in [5, 5.41) is 10.1. The molecule has 0 saturated heterocycles. The molecule has 114 valence electrons. The lowest BCUT2D eigenvalue weighted by Crippen LogP contribution is -2.23. The minimum atomic E-state index is -0.296. The van der Waals surface area contributed by atoms with Crippen molar-refractivity contribution in [2.24, 2.45) is 5.92 Å². The van der Waals surface area contributed by atoms with Crippen molar-refractivity contribution in [1.29, 1.82) is 0 Å². The second kappa shape index (κ2) is 5.44. The Morgan fingerprint density at radius 1 is 1.23 bits per heavy atom. The standard InChI is InChI=1S/C18H18FNO2/c1-20(2)18(22)15-10-13(15)14-9-11(7-8-17(14)21)12-5-3-4-6-16(12)19/h3-9,13,15,21H,10H2,1-2H3. The summed E-state index contributed by atoms with van der Waals surface area (Å²) in [4.78, 5) is 13.6. The molecule has 3 rings (SSSR count). The summed E-state index contributed by atoms with van der Waals surface area (Å²) >= 11 is 0. The molecular formula is C18H18FNO2. The number of carbonyl (C=O) groups is 1. The maximum Gasteiger partial charge on any atom is 0.225 e. The fourth-order valence-electron chi connectivity index (χ4n) is 2.86. The molecule has 2 aromatic rings. The normalized spacial score (nSPS) is 19.8. The van der Waals surface area contributed by atoms with E-state index < -0.39 is 0 Å². The minimum absolute atomic E-state index is 0.0154. The van der Waals surface area contributed by atoms with E-state index >= 15 is 0 Å². The maximum absolute atomic E-state index is 13.9. The number of halogens is 1. The summed E-state index contributed by atoms with van der Waals surface area (Å²) in [6.45, 7) is 0. The number of hydrogen-bond donors (Lipinski definition) is 1. The third-order valence-electron chi connectivity index (χ3n) is 4.16. The first-order chi connectivity index (χ1) is 10.5. The number of aromatic hydroxyl groups is 1. The lowest BCUT2D eigenvalue weighted by Gasteiger charge is -2.11. The highest BCUT2D eigenvalue weighted by molar-refractivity contribution is 5.83. The van der Waals surface area contributed by atoms with Crippen molar-refractivity contribution >= 4 is 5.91 Å². The average Bonchev–Trinajstić information content (AvgIpc) is 3.28. The number of phenolic OH excluding ortho intramolecular Hbond substituents is 1. The topological polar surface area (TPSA) is 40.5 Å². The van der Waals surface area contributed by atoms with Crippen LogP contribution in [0.3, 0.4) is 0 Å². The molecule has 0 aromatic heterocycles. The van der Waals surface area contributed by atoms with Crippen LogP contribution in [-0.4, -0.2) is 30.0 Å². The van der Waals surface area contributed by atoms with Gasteiger partial charge >= 0.3 is 0 Å². The van der Waals surface area contributed by atoms with Crippen LogP contribution < -0.4 is 0 Å². The summed E-state index contributed by atoms with van der Waals surface area (Å²) in [5.74, 6) is -0.130. The van der Waals surface area contributed by atoms with Gasteiger partial charge in [0.25, 0.3) is 0 Å². The van der Waals surface area contributed by atoms with Crippen LogP contribution in [0.25, 0.3) is 11.1 Å². The second-order valence-corrected chi connectivity index (χ2v) is 5.93. The molecule has 22 heavy (non-hydrogen) atoms. The van der Waals surface area contributed by atoms with E-state index in [1.165, 1.54) is 6.07 Å². The Morgan fingerprint density at radius 2 is 1.95 bits per heavy atom. The van der Waals surface area contributed by atoms with Crippen molar-refractivity contribution in [3.8, 4) is 16.9 Å². The predicted octanol–water partition coefficient (Wildman–Crippen LogP) is 3.39. The first-order valence-corrected chi connectivity index (χ1v) is 7.28. The van der Waals surface area contributed by atoms with Gasteiger partial charge in [-0.25, -0.2) is 4.39 Å². The van der Waals surface area contributed by atoms with Gasteiger partial charge in [0.2, 0.25) is 5.91 Å². The highest BCUT2D eigenvalue weighted by Gasteiger charge is 2.45. The quantitative estimate of drug-likeness (QED) is 0.943. The van der Waals surface area contributed by atoms with E-state index in [1.54, 1.807) is 55.4 Å². The highest BCUT2D eigenvalue weighted by atomic mass is 19.1. The van der Waals surface area contributed by atoms with Gasteiger partial charge in [0.05, 0.1) is 0 Å². The molecule has 1 saturated carbocycles. The van der Waals surface area contributed by atoms with E-state index in [-0.39, 0.29) is 29.3 Å². The van der Waals surface area contributed by atoms with Crippen LogP contribution in [0.15, 0.2) is 42.5 Å². The van der Waals surface area contributed by atoms with E-state index in [9.17, 15) is 14.3 Å². The number of benzene rings is 2. The molecule has 0 heterocycles. The molecule has 0 aliphatic heterocycles. The molecular weight excluding hydrogens is 281 g/mol. The highest BCUT2D eigenvalue weighted by Crippen LogP contribution is 2.51. The zero-order valence-electron chi connectivity index (χ0n) is 12.6. The van der Waals surface area contributed by atoms with Gasteiger partial charge in [0.15, 0.2) is 0 Å². The summed E-state index contributed by atoms with van der Waals surface area (Å²) in [6.07, 6.45) is 0.727. The van der Waals surface area contributed by atoms with Gasteiger partial charge in [-0.15, -0.1) is 0 Å². The zero-order valence-corrected chi connectivity index (χ0v) is 12.6. The fourth-order valence-corrected chi connectivity index (χ4v) is 2.86. The van der Waals surface area contributed by atoms with Crippen molar-refractivity contribution in [2.75, 3.05) is 14.1 Å². The molecule has 1 N–H and O–H groups in total. The largest absolute Gasteiger partial charge is 0.508 e. The molecule has 0 spiro atoms. The summed E-state index contributed by atoms with van der Waals surface area (Å²) < 4.78 is 13.9. The van der Waals surface area contributed by atoms with Crippen LogP contribution >= 0.6 is 0 Å². The van der Waals surface area contributed by atoms with Gasteiger partial charge in [0, 0.05) is 25.6 Å². The molecule has 2 aromatic carbocycles. The number of amides is 1. The third-order valence-corrected chi connectivity index (χ3v) is 4.16. The molecule has 2 unspecified atom stereocenters. The molecule has 4 heteroatoms. The SMILES string of the molecule is CN(C)C(=O)C1CC1c1cc(-c2ccccc2F)ccc1O. The van der Waals surface area contributed by atoms with Crippen LogP contribution in [-0.2, 0) is 4.79 Å². The summed E-state index contributed by atoms with van der Waals surface area (Å²) in [6, 6.07) is 11.6. The lowest BCUT2D eigenvalue weighted by molar-refractivity contribution is -0.130. The van der Waals surface area contributed by atoms with Gasteiger partial charge in [-0.2, -0.15) is 0 Å². The van der Waals surface area contributed by atoms with Gasteiger partial charge in [0.1, 0.15) is 11.6 Å². The Morgan fingerprint density at radius 3 is 2.64 bits per heavy atom. The lowest BCUT2D eigenvalue weighted by atomic mass is 9.99. The number of phenols is 1. The first-order valence-electron chi connectivity index (χ1n) is 7.28. The van der Waals surface area contributed by atoms with Crippen molar-refractivity contribution in [3.05, 3.63) is 53.8 Å². The average molecular weight is 299 g/mol. The van der Waals surface area contributed by atoms with E-state index in [2.05, 4.69) is 0 Å². The van der Waals surface area contributed by atoms with Gasteiger partial charge in [-0.05, 0) is 41.7 Å². The van der Waals surface area contributed by atoms with Crippen molar-refractivity contribution in [1.82, 2.24) is 4.90 Å². The Hall–Kier alpha value is -2.36. The van der Waals surface area contributed by atoms with E-state index in [0.29, 0.717) is 11.1 Å². The smallest absolute Gasteiger partial charge is 0.225 e. The van der Waals surface area contributed by atoms with Crippen LogP contribution in [0.4, 0.5) is 4.39 Å². The van der Waals surface area contributed by atoms with Crippen molar-refractivity contribution in [3.63, 3.8) is 0 Å². The monoisotopic (exact) mass is 299 g/mol. The number of hydrogen-bond acceptors (Lipinski definition) is 2. The molecule has 3 nitrogen and oxygen atoms in total. The van der Waals surface area contributed by atoms with Gasteiger partial charge in [-0.1, -0.05) is 24.3 Å². The number of nitrogens with zero attached hydrogens (tertiary/aromatic N) is 1. The molecule has 0 radical (unpaired) electrons. The summed E-state index contributed by atoms with van der Waals surface area (Å²) in [7, 11) is 3.46. The molecule has 1 aliphatic carbocycles. The third kappa shape index (κ3) is 2.56. The second-order valence-electron chi connectivity index (χ2n) is 5.93. The van der Waals surface area contributed by atoms with Crippen molar-refractivity contribution < 1.29 is 14.3 Å². The number of rotatable bonds is 3. The minimum Gasteiger partial charge on any atom is -0.508 e. The Kier molecular flexibility index (Phi) is 3.61. The predicted molar refractivity (Wildman–Crippen MR) is 83.0 cm³/mol. The van der Waals surface area contributed by atoms with Crippen molar-refractivity contribution in [2.45, 2.75) is 12.3 Å². The zero-order chi connectivity index (χ0) is 15.9. The van der Waals surface area contributed by atoms with E-state index in [0.717, 1.165) is 12.0 Å². The molecule has 1 fully saturated rings. The molecule has 1 aliphatic rings. The van der Waals surface area contributed by atoms with Gasteiger partial charge < -0.3 is 10.0 Å². The molecule has 2 atom stereocenters. The Balaban J connectivity index is 1.93. The van der Waals surface area contributed by atoms with E-state index in [1.807, 2.05) is 0 Å². The summed E-state index contributed by atoms with van der Waals surface area (Å²) in [5.41, 5.74) is 1.94. The first kappa shape index (κ1) is 14.6. The Labute approximate surface area is 129 Å². The Bertz CT molecular complexity index is 727. The van der Waals surface area contributed by atoms with Crippen LogP contribution in [0, 0.1) is 11.7 Å². The maximum atomic E-state index is 13.9. The van der Waals surface area contributed by atoms with Crippen LogP contribution in [0.5, 0.6) is 5.75 Å². The van der Waals surface area contributed by atoms with Gasteiger partial charge in [-0.3, -0.25) is 4.79 Å².